The summed E-state index contributed by atoms with van der Waals surface area (Å²) in [6.45, 7) is 5.69. The van der Waals surface area contributed by atoms with Crippen LogP contribution in [0.2, 0.25) is 0 Å². The Morgan fingerprint density at radius 1 is 1.35 bits per heavy atom. The van der Waals surface area contributed by atoms with Crippen molar-refractivity contribution in [3.05, 3.63) is 12.4 Å². The molecular weight excluding hydrogens is 256 g/mol. The van der Waals surface area contributed by atoms with Crippen LogP contribution in [0, 0.1) is 0 Å². The number of hydrogen-bond acceptors (Lipinski definition) is 6. The molecule has 0 radical (unpaired) electrons. The molecule has 0 aliphatic carbocycles. The largest absolute Gasteiger partial charge is 0.394 e. The predicted octanol–water partition coefficient (Wildman–Crippen LogP) is 0.663. The van der Waals surface area contributed by atoms with Crippen LogP contribution in [0.25, 0.3) is 0 Å². The summed E-state index contributed by atoms with van der Waals surface area (Å²) in [5.74, 6) is 1.87. The maximum Gasteiger partial charge on any atom is 0.134 e. The summed E-state index contributed by atoms with van der Waals surface area (Å²) >= 11 is 0. The molecule has 0 bridgehead atoms. The van der Waals surface area contributed by atoms with Crippen LogP contribution < -0.4 is 9.80 Å². The lowest BCUT2D eigenvalue weighted by atomic mass is 10.2. The Bertz CT molecular complexity index is 457. The first-order valence-electron chi connectivity index (χ1n) is 7.34. The lowest BCUT2D eigenvalue weighted by Gasteiger charge is -2.32. The van der Waals surface area contributed by atoms with Crippen molar-refractivity contribution in [1.82, 2.24) is 9.97 Å². The van der Waals surface area contributed by atoms with E-state index in [1.165, 1.54) is 0 Å². The maximum absolute atomic E-state index is 9.44. The summed E-state index contributed by atoms with van der Waals surface area (Å²) in [6.07, 6.45) is 4.00. The van der Waals surface area contributed by atoms with Crippen molar-refractivity contribution in [3.8, 4) is 0 Å². The van der Waals surface area contributed by atoms with Gasteiger partial charge in [0.1, 0.15) is 18.0 Å². The average Bonchev–Trinajstić information content (AvgIpc) is 2.96. The summed E-state index contributed by atoms with van der Waals surface area (Å²) in [5, 5.41) is 9.44. The van der Waals surface area contributed by atoms with Crippen molar-refractivity contribution in [2.24, 2.45) is 0 Å². The van der Waals surface area contributed by atoms with Crippen molar-refractivity contribution >= 4 is 11.6 Å². The molecule has 2 fully saturated rings. The molecule has 2 aliphatic rings. The standard InChI is InChI=1S/C14H22N4O2/c1-11-8-17(5-6-20-11)13-7-14(16-10-15-13)18-4-2-3-12(18)9-19/h7,10-12,19H,2-6,8-9H2,1H3/t11-,12-/m1/s1. The fourth-order valence-electron chi connectivity index (χ4n) is 3.02. The second kappa shape index (κ2) is 5.93. The van der Waals surface area contributed by atoms with E-state index in [2.05, 4.69) is 26.7 Å². The average molecular weight is 278 g/mol. The third-order valence-electron chi connectivity index (χ3n) is 4.09. The first kappa shape index (κ1) is 13.6. The lowest BCUT2D eigenvalue weighted by Crippen LogP contribution is -2.41. The van der Waals surface area contributed by atoms with E-state index >= 15 is 0 Å². The molecule has 1 N–H and O–H groups in total. The highest BCUT2D eigenvalue weighted by atomic mass is 16.5. The molecule has 6 nitrogen and oxygen atoms in total. The molecule has 20 heavy (non-hydrogen) atoms. The number of aliphatic hydroxyl groups excluding tert-OH is 1. The summed E-state index contributed by atoms with van der Waals surface area (Å²) in [5.41, 5.74) is 0. The molecule has 110 valence electrons. The molecule has 2 atom stereocenters. The molecule has 6 heteroatoms. The van der Waals surface area contributed by atoms with Crippen LogP contribution in [-0.4, -0.2) is 60.1 Å². The highest BCUT2D eigenvalue weighted by Crippen LogP contribution is 2.26. The van der Waals surface area contributed by atoms with E-state index in [-0.39, 0.29) is 18.8 Å². The van der Waals surface area contributed by atoms with Gasteiger partial charge in [-0.25, -0.2) is 9.97 Å². The van der Waals surface area contributed by atoms with Crippen molar-refractivity contribution < 1.29 is 9.84 Å². The Kier molecular flexibility index (Phi) is 4.03. The topological polar surface area (TPSA) is 61.7 Å². The van der Waals surface area contributed by atoms with E-state index in [1.54, 1.807) is 6.33 Å². The molecule has 3 rings (SSSR count). The Labute approximate surface area is 119 Å². The monoisotopic (exact) mass is 278 g/mol. The molecular formula is C14H22N4O2. The Balaban J connectivity index is 1.78. The van der Waals surface area contributed by atoms with Crippen molar-refractivity contribution in [2.75, 3.05) is 42.6 Å². The highest BCUT2D eigenvalue weighted by molar-refractivity contribution is 5.51. The summed E-state index contributed by atoms with van der Waals surface area (Å²) in [4.78, 5) is 13.2. The molecule has 3 heterocycles. The second-order valence-electron chi connectivity index (χ2n) is 5.53. The van der Waals surface area contributed by atoms with Crippen molar-refractivity contribution in [3.63, 3.8) is 0 Å². The van der Waals surface area contributed by atoms with E-state index in [4.69, 9.17) is 4.74 Å². The van der Waals surface area contributed by atoms with Crippen LogP contribution in [0.4, 0.5) is 11.6 Å². The smallest absolute Gasteiger partial charge is 0.134 e. The van der Waals surface area contributed by atoms with Gasteiger partial charge in [-0.1, -0.05) is 0 Å². The van der Waals surface area contributed by atoms with Crippen LogP contribution in [0.15, 0.2) is 12.4 Å². The minimum Gasteiger partial charge on any atom is -0.394 e. The van der Waals surface area contributed by atoms with E-state index < -0.39 is 0 Å². The molecule has 0 aromatic carbocycles. The van der Waals surface area contributed by atoms with Crippen LogP contribution in [0.3, 0.4) is 0 Å². The molecule has 2 aliphatic heterocycles. The van der Waals surface area contributed by atoms with Gasteiger partial charge in [-0.3, -0.25) is 0 Å². The lowest BCUT2D eigenvalue weighted by molar-refractivity contribution is 0.0529. The molecule has 0 amide bonds. The molecule has 2 saturated heterocycles. The molecule has 0 saturated carbocycles. The zero-order valence-corrected chi connectivity index (χ0v) is 11.9. The van der Waals surface area contributed by atoms with Gasteiger partial charge in [0.05, 0.1) is 25.4 Å². The van der Waals surface area contributed by atoms with E-state index in [9.17, 15) is 5.11 Å². The van der Waals surface area contributed by atoms with E-state index in [0.29, 0.717) is 0 Å². The number of rotatable bonds is 3. The minimum absolute atomic E-state index is 0.188. The van der Waals surface area contributed by atoms with E-state index in [1.807, 2.05) is 6.07 Å². The quantitative estimate of drug-likeness (QED) is 0.876. The Morgan fingerprint density at radius 3 is 3.00 bits per heavy atom. The number of hydrogen-bond donors (Lipinski definition) is 1. The number of anilines is 2. The number of aliphatic hydroxyl groups is 1. The summed E-state index contributed by atoms with van der Waals surface area (Å²) in [6, 6.07) is 2.23. The number of morpholine rings is 1. The zero-order valence-electron chi connectivity index (χ0n) is 11.9. The molecule has 0 spiro atoms. The summed E-state index contributed by atoms with van der Waals surface area (Å²) < 4.78 is 5.57. The van der Waals surface area contributed by atoms with Gasteiger partial charge in [0.15, 0.2) is 0 Å². The Morgan fingerprint density at radius 2 is 2.20 bits per heavy atom. The fourth-order valence-corrected chi connectivity index (χ4v) is 3.02. The van der Waals surface area contributed by atoms with Gasteiger partial charge in [0.25, 0.3) is 0 Å². The number of nitrogens with zero attached hydrogens (tertiary/aromatic N) is 4. The van der Waals surface area contributed by atoms with Gasteiger partial charge in [-0.15, -0.1) is 0 Å². The fraction of sp³-hybridized carbons (Fsp3) is 0.714. The molecule has 1 aromatic heterocycles. The van der Waals surface area contributed by atoms with Crippen LogP contribution in [0.1, 0.15) is 19.8 Å². The van der Waals surface area contributed by atoms with Crippen LogP contribution in [-0.2, 0) is 4.74 Å². The first-order valence-corrected chi connectivity index (χ1v) is 7.34. The number of ether oxygens (including phenoxy) is 1. The van der Waals surface area contributed by atoms with Gasteiger partial charge in [-0.05, 0) is 19.8 Å². The third kappa shape index (κ3) is 2.71. The normalized spacial score (nSPS) is 27.1. The van der Waals surface area contributed by atoms with Crippen LogP contribution in [0.5, 0.6) is 0 Å². The zero-order chi connectivity index (χ0) is 13.9. The predicted molar refractivity (Wildman–Crippen MR) is 77.1 cm³/mol. The highest BCUT2D eigenvalue weighted by Gasteiger charge is 2.26. The summed E-state index contributed by atoms with van der Waals surface area (Å²) in [7, 11) is 0. The Hall–Kier alpha value is -1.40. The van der Waals surface area contributed by atoms with Gasteiger partial charge < -0.3 is 19.6 Å². The SMILES string of the molecule is C[C@@H]1CN(c2cc(N3CCC[C@@H]3CO)ncn2)CCO1. The van der Waals surface area contributed by atoms with Crippen molar-refractivity contribution in [1.29, 1.82) is 0 Å². The first-order chi connectivity index (χ1) is 9.78. The van der Waals surface area contributed by atoms with Crippen LogP contribution >= 0.6 is 0 Å². The second-order valence-corrected chi connectivity index (χ2v) is 5.53. The van der Waals surface area contributed by atoms with Gasteiger partial charge in [0, 0.05) is 25.7 Å². The van der Waals surface area contributed by atoms with Gasteiger partial charge >= 0.3 is 0 Å². The molecule has 1 aromatic rings. The van der Waals surface area contributed by atoms with Crippen molar-refractivity contribution in [2.45, 2.75) is 31.9 Å². The molecule has 0 unspecified atom stereocenters. The van der Waals surface area contributed by atoms with E-state index in [0.717, 1.165) is 50.7 Å². The maximum atomic E-state index is 9.44. The van der Waals surface area contributed by atoms with Gasteiger partial charge in [-0.2, -0.15) is 0 Å². The minimum atomic E-state index is 0.188. The third-order valence-corrected chi connectivity index (χ3v) is 4.09. The number of aromatic nitrogens is 2. The van der Waals surface area contributed by atoms with Gasteiger partial charge in [0.2, 0.25) is 0 Å².